The highest BCUT2D eigenvalue weighted by atomic mass is 16.2. The average molecular weight is 222 g/mol. The van der Waals surface area contributed by atoms with E-state index in [1.165, 1.54) is 0 Å². The van der Waals surface area contributed by atoms with Gasteiger partial charge in [-0.2, -0.15) is 5.10 Å². The quantitative estimate of drug-likeness (QED) is 0.763. The number of carbonyl (C=O) groups is 1. The smallest absolute Gasteiger partial charge is 0.323 e. The van der Waals surface area contributed by atoms with Crippen molar-refractivity contribution in [3.63, 3.8) is 0 Å². The summed E-state index contributed by atoms with van der Waals surface area (Å²) in [6.45, 7) is 5.84. The van der Waals surface area contributed by atoms with Gasteiger partial charge in [0, 0.05) is 18.7 Å². The number of aromatic nitrogens is 2. The minimum atomic E-state index is -0.0285. The highest BCUT2D eigenvalue weighted by molar-refractivity contribution is 5.88. The van der Waals surface area contributed by atoms with Crippen molar-refractivity contribution in [2.45, 2.75) is 26.7 Å². The van der Waals surface area contributed by atoms with Gasteiger partial charge in [-0.3, -0.25) is 10.4 Å². The molecule has 1 fully saturated rings. The number of urea groups is 1. The number of hydrogen-bond acceptors (Lipinski definition) is 2. The first-order valence-electron chi connectivity index (χ1n) is 5.72. The van der Waals surface area contributed by atoms with Crippen molar-refractivity contribution in [1.82, 2.24) is 15.1 Å². The van der Waals surface area contributed by atoms with Gasteiger partial charge in [0.25, 0.3) is 0 Å². The van der Waals surface area contributed by atoms with Gasteiger partial charge >= 0.3 is 6.03 Å². The molecule has 0 aromatic carbocycles. The summed E-state index contributed by atoms with van der Waals surface area (Å²) < 4.78 is 0. The van der Waals surface area contributed by atoms with Crippen LogP contribution in [0.5, 0.6) is 0 Å². The molecule has 88 valence electrons. The maximum atomic E-state index is 11.9. The Labute approximate surface area is 95.2 Å². The Bertz CT molecular complexity index is 366. The number of carbonyl (C=O) groups excluding carboxylic acids is 1. The summed E-state index contributed by atoms with van der Waals surface area (Å²) in [4.78, 5) is 13.8. The van der Waals surface area contributed by atoms with Gasteiger partial charge in [-0.25, -0.2) is 4.79 Å². The summed E-state index contributed by atoms with van der Waals surface area (Å²) >= 11 is 0. The van der Waals surface area contributed by atoms with Gasteiger partial charge in [0.2, 0.25) is 0 Å². The van der Waals surface area contributed by atoms with Gasteiger partial charge in [0.1, 0.15) is 5.82 Å². The Morgan fingerprint density at radius 2 is 2.25 bits per heavy atom. The van der Waals surface area contributed by atoms with E-state index in [-0.39, 0.29) is 6.03 Å². The minimum absolute atomic E-state index is 0.0285. The lowest BCUT2D eigenvalue weighted by Crippen LogP contribution is -2.40. The second-order valence-electron chi connectivity index (χ2n) is 4.53. The van der Waals surface area contributed by atoms with Crippen molar-refractivity contribution < 1.29 is 4.79 Å². The van der Waals surface area contributed by atoms with Crippen molar-refractivity contribution in [3.05, 3.63) is 11.8 Å². The SMILES string of the molecule is Cc1cn[nH]c1NC(=O)N1CCC(C)CC1. The number of anilines is 1. The number of amides is 2. The van der Waals surface area contributed by atoms with E-state index in [4.69, 9.17) is 0 Å². The zero-order valence-corrected chi connectivity index (χ0v) is 9.79. The molecule has 1 aliphatic heterocycles. The Balaban J connectivity index is 1.91. The highest BCUT2D eigenvalue weighted by Crippen LogP contribution is 2.17. The monoisotopic (exact) mass is 222 g/mol. The van der Waals surface area contributed by atoms with Gasteiger partial charge in [-0.1, -0.05) is 6.92 Å². The number of nitrogens with zero attached hydrogens (tertiary/aromatic N) is 2. The van der Waals surface area contributed by atoms with Crippen LogP contribution in [-0.4, -0.2) is 34.2 Å². The zero-order chi connectivity index (χ0) is 11.5. The average Bonchev–Trinajstić information content (AvgIpc) is 2.65. The van der Waals surface area contributed by atoms with Crippen molar-refractivity contribution in [2.24, 2.45) is 5.92 Å². The number of aromatic amines is 1. The summed E-state index contributed by atoms with van der Waals surface area (Å²) in [6, 6.07) is -0.0285. The van der Waals surface area contributed by atoms with Crippen molar-refractivity contribution in [1.29, 1.82) is 0 Å². The molecule has 1 aromatic heterocycles. The van der Waals surface area contributed by atoms with E-state index >= 15 is 0 Å². The Morgan fingerprint density at radius 3 is 2.81 bits per heavy atom. The first-order chi connectivity index (χ1) is 7.66. The first-order valence-corrected chi connectivity index (χ1v) is 5.72. The number of likely N-dealkylation sites (tertiary alicyclic amines) is 1. The van der Waals surface area contributed by atoms with Gasteiger partial charge in [-0.15, -0.1) is 0 Å². The van der Waals surface area contributed by atoms with E-state index in [0.29, 0.717) is 5.82 Å². The van der Waals surface area contributed by atoms with Gasteiger partial charge < -0.3 is 4.90 Å². The molecule has 2 N–H and O–H groups in total. The molecule has 2 heterocycles. The molecule has 2 rings (SSSR count). The number of rotatable bonds is 1. The van der Waals surface area contributed by atoms with Gasteiger partial charge in [-0.05, 0) is 25.7 Å². The summed E-state index contributed by atoms with van der Waals surface area (Å²) in [7, 11) is 0. The van der Waals surface area contributed by atoms with Crippen LogP contribution >= 0.6 is 0 Å². The lowest BCUT2D eigenvalue weighted by Gasteiger charge is -2.30. The third kappa shape index (κ3) is 2.35. The number of H-pyrrole nitrogens is 1. The van der Waals surface area contributed by atoms with E-state index in [0.717, 1.165) is 37.4 Å². The zero-order valence-electron chi connectivity index (χ0n) is 9.79. The van der Waals surface area contributed by atoms with Gasteiger partial charge in [0.05, 0.1) is 6.20 Å². The molecule has 1 aliphatic rings. The van der Waals surface area contributed by atoms with Crippen molar-refractivity contribution in [3.8, 4) is 0 Å². The van der Waals surface area contributed by atoms with Crippen LogP contribution in [0.4, 0.5) is 10.6 Å². The predicted molar refractivity (Wildman–Crippen MR) is 62.3 cm³/mol. The molecular weight excluding hydrogens is 204 g/mol. The number of nitrogens with one attached hydrogen (secondary N) is 2. The fourth-order valence-corrected chi connectivity index (χ4v) is 1.87. The molecule has 5 heteroatoms. The topological polar surface area (TPSA) is 61.0 Å². The van der Waals surface area contributed by atoms with Crippen LogP contribution in [0.3, 0.4) is 0 Å². The maximum Gasteiger partial charge on any atom is 0.323 e. The fraction of sp³-hybridized carbons (Fsp3) is 0.636. The number of aryl methyl sites for hydroxylation is 1. The van der Waals surface area contributed by atoms with Crippen LogP contribution < -0.4 is 5.32 Å². The van der Waals surface area contributed by atoms with Crippen molar-refractivity contribution >= 4 is 11.8 Å². The van der Waals surface area contributed by atoms with E-state index in [2.05, 4.69) is 22.4 Å². The van der Waals surface area contributed by atoms with E-state index in [9.17, 15) is 4.79 Å². The molecule has 0 unspecified atom stereocenters. The molecule has 0 aliphatic carbocycles. The fourth-order valence-electron chi connectivity index (χ4n) is 1.87. The molecule has 5 nitrogen and oxygen atoms in total. The molecule has 0 atom stereocenters. The predicted octanol–water partition coefficient (Wildman–Crippen LogP) is 1.98. The van der Waals surface area contributed by atoms with Crippen LogP contribution in [0.1, 0.15) is 25.3 Å². The molecule has 2 amide bonds. The third-order valence-electron chi connectivity index (χ3n) is 3.13. The number of hydrogen-bond donors (Lipinski definition) is 2. The normalized spacial score (nSPS) is 17.5. The minimum Gasteiger partial charge on any atom is -0.324 e. The van der Waals surface area contributed by atoms with Crippen LogP contribution in [0.25, 0.3) is 0 Å². The molecule has 1 aromatic rings. The maximum absolute atomic E-state index is 11.9. The Morgan fingerprint density at radius 1 is 1.56 bits per heavy atom. The molecule has 0 saturated carbocycles. The summed E-state index contributed by atoms with van der Waals surface area (Å²) in [6.07, 6.45) is 3.89. The number of piperidine rings is 1. The van der Waals surface area contributed by atoms with E-state index in [1.807, 2.05) is 11.8 Å². The second-order valence-corrected chi connectivity index (χ2v) is 4.53. The lowest BCUT2D eigenvalue weighted by atomic mass is 10.00. The van der Waals surface area contributed by atoms with Crippen LogP contribution in [-0.2, 0) is 0 Å². The van der Waals surface area contributed by atoms with Crippen LogP contribution in [0, 0.1) is 12.8 Å². The standard InChI is InChI=1S/C11H18N4O/c1-8-3-5-15(6-4-8)11(16)13-10-9(2)7-12-14-10/h7-8H,3-6H2,1-2H3,(H2,12,13,14,16). The molecular formula is C11H18N4O. The molecule has 0 spiro atoms. The summed E-state index contributed by atoms with van der Waals surface area (Å²) in [5.41, 5.74) is 0.957. The van der Waals surface area contributed by atoms with E-state index < -0.39 is 0 Å². The lowest BCUT2D eigenvalue weighted by molar-refractivity contribution is 0.186. The van der Waals surface area contributed by atoms with Gasteiger partial charge in [0.15, 0.2) is 0 Å². The summed E-state index contributed by atoms with van der Waals surface area (Å²) in [5, 5.41) is 9.49. The molecule has 16 heavy (non-hydrogen) atoms. The van der Waals surface area contributed by atoms with E-state index in [1.54, 1.807) is 6.20 Å². The Hall–Kier alpha value is -1.52. The van der Waals surface area contributed by atoms with Crippen LogP contribution in [0.15, 0.2) is 6.20 Å². The largest absolute Gasteiger partial charge is 0.324 e. The second kappa shape index (κ2) is 4.55. The molecule has 0 bridgehead atoms. The molecule has 1 saturated heterocycles. The summed E-state index contributed by atoms with van der Waals surface area (Å²) in [5.74, 6) is 1.43. The third-order valence-corrected chi connectivity index (χ3v) is 3.13. The first kappa shape index (κ1) is 11.0. The highest BCUT2D eigenvalue weighted by Gasteiger charge is 2.20. The van der Waals surface area contributed by atoms with Crippen LogP contribution in [0.2, 0.25) is 0 Å². The Kier molecular flexibility index (Phi) is 3.12. The van der Waals surface area contributed by atoms with Crippen molar-refractivity contribution in [2.75, 3.05) is 18.4 Å². The molecule has 0 radical (unpaired) electrons.